The minimum absolute atomic E-state index is 0.0615. The van der Waals surface area contributed by atoms with Gasteiger partial charge in [-0.2, -0.15) is 13.2 Å². The van der Waals surface area contributed by atoms with Crippen molar-refractivity contribution < 1.29 is 13.2 Å². The number of rotatable bonds is 2. The lowest BCUT2D eigenvalue weighted by atomic mass is 10.0. The van der Waals surface area contributed by atoms with Crippen molar-refractivity contribution in [3.8, 4) is 0 Å². The average molecular weight is 224 g/mol. The molecule has 14 heavy (non-hydrogen) atoms. The third kappa shape index (κ3) is 3.20. The summed E-state index contributed by atoms with van der Waals surface area (Å²) < 4.78 is 36.3. The van der Waals surface area contributed by atoms with E-state index in [0.717, 1.165) is 0 Å². The van der Waals surface area contributed by atoms with Crippen LogP contribution in [0, 0.1) is 0 Å². The largest absolute Gasteiger partial charge is 0.393 e. The molecule has 1 nitrogen and oxygen atoms in total. The maximum Gasteiger partial charge on any atom is 0.393 e. The zero-order valence-electron chi connectivity index (χ0n) is 7.24. The topological polar surface area (TPSA) is 26.0 Å². The van der Waals surface area contributed by atoms with Gasteiger partial charge >= 0.3 is 6.18 Å². The molecule has 0 heterocycles. The molecule has 0 aliphatic rings. The van der Waals surface area contributed by atoms with Crippen LogP contribution in [0.1, 0.15) is 11.1 Å². The highest BCUT2D eigenvalue weighted by atomic mass is 35.5. The summed E-state index contributed by atoms with van der Waals surface area (Å²) in [7, 11) is 0. The van der Waals surface area contributed by atoms with E-state index in [-0.39, 0.29) is 12.1 Å². The molecular weight excluding hydrogens is 215 g/mol. The second kappa shape index (κ2) is 4.19. The molecule has 1 rings (SSSR count). The van der Waals surface area contributed by atoms with E-state index in [4.69, 9.17) is 17.3 Å². The van der Waals surface area contributed by atoms with Gasteiger partial charge in [0.05, 0.1) is 6.42 Å². The Bertz CT molecular complexity index is 322. The standard InChI is InChI=1S/C9H9ClF3N/c10-8-2-1-6(4-9(11,12)13)7(3-8)5-14/h1-3H,4-5,14H2. The number of nitrogens with two attached hydrogens (primary N) is 1. The Hall–Kier alpha value is -0.740. The van der Waals surface area contributed by atoms with E-state index in [1.54, 1.807) is 0 Å². The molecule has 0 unspecified atom stereocenters. The van der Waals surface area contributed by atoms with Crippen LogP contribution in [0.5, 0.6) is 0 Å². The van der Waals surface area contributed by atoms with Gasteiger partial charge in [0.25, 0.3) is 0 Å². The molecule has 0 saturated heterocycles. The number of halogens is 4. The first-order valence-electron chi connectivity index (χ1n) is 3.96. The van der Waals surface area contributed by atoms with Gasteiger partial charge in [-0.1, -0.05) is 17.7 Å². The maximum absolute atomic E-state index is 12.1. The fourth-order valence-corrected chi connectivity index (χ4v) is 1.37. The monoisotopic (exact) mass is 223 g/mol. The van der Waals surface area contributed by atoms with Crippen LogP contribution in [0.4, 0.5) is 13.2 Å². The molecule has 1 aromatic carbocycles. The molecule has 0 amide bonds. The highest BCUT2D eigenvalue weighted by Crippen LogP contribution is 2.25. The first-order chi connectivity index (χ1) is 6.42. The van der Waals surface area contributed by atoms with Gasteiger partial charge in [-0.05, 0) is 23.3 Å². The van der Waals surface area contributed by atoms with E-state index in [0.29, 0.717) is 10.6 Å². The summed E-state index contributed by atoms with van der Waals surface area (Å²) in [5.41, 5.74) is 5.94. The second-order valence-corrected chi connectivity index (χ2v) is 3.35. The summed E-state index contributed by atoms with van der Waals surface area (Å²) in [6.07, 6.45) is -5.17. The van der Waals surface area contributed by atoms with Gasteiger partial charge in [0, 0.05) is 11.6 Å². The number of alkyl halides is 3. The maximum atomic E-state index is 12.1. The van der Waals surface area contributed by atoms with Crippen molar-refractivity contribution in [3.63, 3.8) is 0 Å². The van der Waals surface area contributed by atoms with Gasteiger partial charge in [-0.3, -0.25) is 0 Å². The Morgan fingerprint density at radius 2 is 1.86 bits per heavy atom. The highest BCUT2D eigenvalue weighted by molar-refractivity contribution is 6.30. The zero-order valence-corrected chi connectivity index (χ0v) is 7.99. The van der Waals surface area contributed by atoms with E-state index in [2.05, 4.69) is 0 Å². The van der Waals surface area contributed by atoms with Gasteiger partial charge in [0.2, 0.25) is 0 Å². The molecule has 0 aliphatic heterocycles. The Labute approximate surface area is 84.7 Å². The Morgan fingerprint density at radius 3 is 2.36 bits per heavy atom. The lowest BCUT2D eigenvalue weighted by molar-refractivity contribution is -0.127. The summed E-state index contributed by atoms with van der Waals surface area (Å²) >= 11 is 5.63. The molecule has 2 N–H and O–H groups in total. The lowest BCUT2D eigenvalue weighted by Crippen LogP contribution is -2.14. The van der Waals surface area contributed by atoms with Crippen molar-refractivity contribution in [1.29, 1.82) is 0 Å². The summed E-state index contributed by atoms with van der Waals surface area (Å²) in [4.78, 5) is 0. The van der Waals surface area contributed by atoms with Crippen LogP contribution in [0.3, 0.4) is 0 Å². The van der Waals surface area contributed by atoms with Gasteiger partial charge in [0.15, 0.2) is 0 Å². The first-order valence-corrected chi connectivity index (χ1v) is 4.34. The highest BCUT2D eigenvalue weighted by Gasteiger charge is 2.28. The molecule has 0 saturated carbocycles. The Balaban J connectivity index is 2.97. The Morgan fingerprint density at radius 1 is 1.21 bits per heavy atom. The van der Waals surface area contributed by atoms with Crippen molar-refractivity contribution in [1.82, 2.24) is 0 Å². The fraction of sp³-hybridized carbons (Fsp3) is 0.333. The molecule has 0 radical (unpaired) electrons. The molecular formula is C9H9ClF3N. The van der Waals surface area contributed by atoms with Gasteiger partial charge < -0.3 is 5.73 Å². The number of hydrogen-bond donors (Lipinski definition) is 1. The number of hydrogen-bond acceptors (Lipinski definition) is 1. The second-order valence-electron chi connectivity index (χ2n) is 2.91. The van der Waals surface area contributed by atoms with E-state index in [1.165, 1.54) is 18.2 Å². The van der Waals surface area contributed by atoms with Crippen molar-refractivity contribution in [2.75, 3.05) is 0 Å². The van der Waals surface area contributed by atoms with E-state index < -0.39 is 12.6 Å². The van der Waals surface area contributed by atoms with Crippen LogP contribution in [-0.2, 0) is 13.0 Å². The van der Waals surface area contributed by atoms with Crippen molar-refractivity contribution >= 4 is 11.6 Å². The quantitative estimate of drug-likeness (QED) is 0.820. The summed E-state index contributed by atoms with van der Waals surface area (Å²) in [6.45, 7) is 0.0615. The SMILES string of the molecule is NCc1cc(Cl)ccc1CC(F)(F)F. The summed E-state index contributed by atoms with van der Waals surface area (Å²) in [5.74, 6) is 0. The van der Waals surface area contributed by atoms with E-state index in [9.17, 15) is 13.2 Å². The first kappa shape index (κ1) is 11.3. The molecule has 0 spiro atoms. The van der Waals surface area contributed by atoms with Crippen LogP contribution < -0.4 is 5.73 Å². The van der Waals surface area contributed by atoms with Crippen molar-refractivity contribution in [2.24, 2.45) is 5.73 Å². The lowest BCUT2D eigenvalue weighted by Gasteiger charge is -2.10. The molecule has 5 heteroatoms. The normalized spacial score (nSPS) is 11.8. The van der Waals surface area contributed by atoms with Gasteiger partial charge in [-0.25, -0.2) is 0 Å². The van der Waals surface area contributed by atoms with Crippen LogP contribution >= 0.6 is 11.6 Å². The summed E-state index contributed by atoms with van der Waals surface area (Å²) in [5, 5.41) is 0.399. The molecule has 0 atom stereocenters. The third-order valence-electron chi connectivity index (χ3n) is 1.78. The van der Waals surface area contributed by atoms with Crippen LogP contribution in [0.25, 0.3) is 0 Å². The van der Waals surface area contributed by atoms with Gasteiger partial charge in [-0.15, -0.1) is 0 Å². The Kier molecular flexibility index (Phi) is 3.39. The van der Waals surface area contributed by atoms with E-state index in [1.807, 2.05) is 0 Å². The molecule has 0 aromatic heterocycles. The average Bonchev–Trinajstić information content (AvgIpc) is 2.06. The van der Waals surface area contributed by atoms with Crippen molar-refractivity contribution in [2.45, 2.75) is 19.1 Å². The molecule has 78 valence electrons. The fourth-order valence-electron chi connectivity index (χ4n) is 1.17. The molecule has 0 aliphatic carbocycles. The van der Waals surface area contributed by atoms with Crippen LogP contribution in [0.2, 0.25) is 5.02 Å². The summed E-state index contributed by atoms with van der Waals surface area (Å²) in [6, 6.07) is 4.25. The van der Waals surface area contributed by atoms with Crippen LogP contribution in [-0.4, -0.2) is 6.18 Å². The third-order valence-corrected chi connectivity index (χ3v) is 2.01. The predicted molar refractivity (Wildman–Crippen MR) is 49.1 cm³/mol. The van der Waals surface area contributed by atoms with Crippen molar-refractivity contribution in [3.05, 3.63) is 34.3 Å². The van der Waals surface area contributed by atoms with Crippen LogP contribution in [0.15, 0.2) is 18.2 Å². The minimum atomic E-state index is -4.21. The molecule has 0 bridgehead atoms. The molecule has 0 fully saturated rings. The molecule has 1 aromatic rings. The number of benzene rings is 1. The smallest absolute Gasteiger partial charge is 0.326 e. The predicted octanol–water partition coefficient (Wildman–Crippen LogP) is 2.90. The van der Waals surface area contributed by atoms with E-state index >= 15 is 0 Å². The zero-order chi connectivity index (χ0) is 10.8. The van der Waals surface area contributed by atoms with Gasteiger partial charge in [0.1, 0.15) is 0 Å². The minimum Gasteiger partial charge on any atom is -0.326 e.